The van der Waals surface area contributed by atoms with Crippen LogP contribution in [0.3, 0.4) is 0 Å². The molecular weight excluding hydrogens is 148 g/mol. The van der Waals surface area contributed by atoms with E-state index in [2.05, 4.69) is 46.7 Å². The average molecular weight is 159 g/mol. The fraction of sp³-hybridized carbons (Fsp3) is 0.200. The second-order valence-electron chi connectivity index (χ2n) is 2.37. The van der Waals surface area contributed by atoms with Crippen LogP contribution in [0.5, 0.6) is 0 Å². The molecule has 55 valence electrons. The van der Waals surface area contributed by atoms with E-state index >= 15 is 0 Å². The van der Waals surface area contributed by atoms with Crippen LogP contribution in [0.1, 0.15) is 5.56 Å². The van der Waals surface area contributed by atoms with E-state index in [1.165, 1.54) is 5.56 Å². The van der Waals surface area contributed by atoms with E-state index in [0.717, 1.165) is 12.5 Å². The SMILES string of the molecule is [Si]CC=CCc1ccccc1. The summed E-state index contributed by atoms with van der Waals surface area (Å²) in [5, 5.41) is 0. The number of hydrogen-bond acceptors (Lipinski definition) is 0. The molecule has 0 heterocycles. The van der Waals surface area contributed by atoms with Crippen molar-refractivity contribution in [3.63, 3.8) is 0 Å². The predicted molar refractivity (Wildman–Crippen MR) is 49.8 cm³/mol. The molecule has 0 nitrogen and oxygen atoms in total. The molecule has 0 fully saturated rings. The van der Waals surface area contributed by atoms with Crippen molar-refractivity contribution in [2.24, 2.45) is 0 Å². The molecule has 0 atom stereocenters. The molecule has 3 radical (unpaired) electrons. The summed E-state index contributed by atoms with van der Waals surface area (Å²) in [6.45, 7) is 0. The first kappa shape index (κ1) is 8.28. The van der Waals surface area contributed by atoms with E-state index in [4.69, 9.17) is 0 Å². The topological polar surface area (TPSA) is 0 Å². The van der Waals surface area contributed by atoms with Crippen molar-refractivity contribution in [3.05, 3.63) is 48.0 Å². The van der Waals surface area contributed by atoms with Gasteiger partial charge in [0.2, 0.25) is 0 Å². The van der Waals surface area contributed by atoms with Gasteiger partial charge in [0.25, 0.3) is 0 Å². The standard InChI is InChI=1S/C10H11Si/c11-9-5-4-8-10-6-2-1-3-7-10/h1-7H,8-9H2. The number of benzene rings is 1. The van der Waals surface area contributed by atoms with E-state index in [9.17, 15) is 0 Å². The summed E-state index contributed by atoms with van der Waals surface area (Å²) in [7, 11) is 3.38. The van der Waals surface area contributed by atoms with Crippen molar-refractivity contribution < 1.29 is 0 Å². The summed E-state index contributed by atoms with van der Waals surface area (Å²) < 4.78 is 0. The lowest BCUT2D eigenvalue weighted by molar-refractivity contribution is 1.26. The van der Waals surface area contributed by atoms with Crippen LogP contribution in [-0.2, 0) is 6.42 Å². The normalized spacial score (nSPS) is 10.6. The van der Waals surface area contributed by atoms with Crippen molar-refractivity contribution >= 4 is 10.2 Å². The molecule has 1 aromatic rings. The molecule has 0 aliphatic carbocycles. The highest BCUT2D eigenvalue weighted by molar-refractivity contribution is 6.09. The summed E-state index contributed by atoms with van der Waals surface area (Å²) in [4.78, 5) is 0. The number of allylic oxidation sites excluding steroid dienone is 2. The Morgan fingerprint density at radius 2 is 1.82 bits per heavy atom. The summed E-state index contributed by atoms with van der Waals surface area (Å²) in [5.41, 5.74) is 1.36. The molecule has 0 spiro atoms. The van der Waals surface area contributed by atoms with Gasteiger partial charge >= 0.3 is 0 Å². The number of rotatable bonds is 3. The Bertz CT molecular complexity index is 214. The number of hydrogen-bond donors (Lipinski definition) is 0. The lowest BCUT2D eigenvalue weighted by atomic mass is 10.1. The second kappa shape index (κ2) is 4.91. The van der Waals surface area contributed by atoms with E-state index < -0.39 is 0 Å². The first-order valence-corrected chi connectivity index (χ1v) is 4.47. The van der Waals surface area contributed by atoms with Gasteiger partial charge in [-0.15, -0.1) is 0 Å². The lowest BCUT2D eigenvalue weighted by Crippen LogP contribution is -1.77. The Kier molecular flexibility index (Phi) is 3.69. The third kappa shape index (κ3) is 3.19. The molecule has 0 aliphatic heterocycles. The Morgan fingerprint density at radius 3 is 2.45 bits per heavy atom. The van der Waals surface area contributed by atoms with Gasteiger partial charge in [-0.2, -0.15) is 0 Å². The van der Waals surface area contributed by atoms with Gasteiger partial charge in [0, 0.05) is 10.2 Å². The minimum Gasteiger partial charge on any atom is -0.0916 e. The molecule has 11 heavy (non-hydrogen) atoms. The molecule has 1 aromatic carbocycles. The Morgan fingerprint density at radius 1 is 1.09 bits per heavy atom. The van der Waals surface area contributed by atoms with Gasteiger partial charge in [0.05, 0.1) is 0 Å². The fourth-order valence-electron chi connectivity index (χ4n) is 0.917. The fourth-order valence-corrected chi connectivity index (χ4v) is 1.08. The van der Waals surface area contributed by atoms with Gasteiger partial charge in [0.1, 0.15) is 0 Å². The molecule has 0 aromatic heterocycles. The molecule has 0 aliphatic rings. The highest BCUT2D eigenvalue weighted by Crippen LogP contribution is 1.99. The molecular formula is C10H11Si. The molecule has 1 heteroatoms. The van der Waals surface area contributed by atoms with E-state index in [0.29, 0.717) is 0 Å². The maximum atomic E-state index is 3.38. The van der Waals surface area contributed by atoms with Gasteiger partial charge < -0.3 is 0 Å². The zero-order valence-corrected chi connectivity index (χ0v) is 7.46. The summed E-state index contributed by atoms with van der Waals surface area (Å²) in [6.07, 6.45) is 5.32. The van der Waals surface area contributed by atoms with Crippen molar-refractivity contribution in [1.82, 2.24) is 0 Å². The Balaban J connectivity index is 2.45. The van der Waals surface area contributed by atoms with Crippen molar-refractivity contribution in [1.29, 1.82) is 0 Å². The van der Waals surface area contributed by atoms with Crippen LogP contribution >= 0.6 is 0 Å². The van der Waals surface area contributed by atoms with Crippen LogP contribution in [0.15, 0.2) is 42.5 Å². The zero-order chi connectivity index (χ0) is 7.94. The summed E-state index contributed by atoms with van der Waals surface area (Å²) in [6, 6.07) is 11.4. The smallest absolute Gasteiger partial charge is 0.0275 e. The Labute approximate surface area is 71.4 Å². The first-order valence-electron chi connectivity index (χ1n) is 3.77. The summed E-state index contributed by atoms with van der Waals surface area (Å²) >= 11 is 0. The van der Waals surface area contributed by atoms with Gasteiger partial charge in [0.15, 0.2) is 0 Å². The Hall–Kier alpha value is -0.823. The minimum atomic E-state index is 0.937. The minimum absolute atomic E-state index is 0.937. The molecule has 1 rings (SSSR count). The van der Waals surface area contributed by atoms with Crippen molar-refractivity contribution in [3.8, 4) is 0 Å². The maximum absolute atomic E-state index is 3.38. The van der Waals surface area contributed by atoms with Crippen LogP contribution in [0, 0.1) is 0 Å². The molecule has 0 saturated heterocycles. The zero-order valence-electron chi connectivity index (χ0n) is 6.46. The largest absolute Gasteiger partial charge is 0.0916 e. The second-order valence-corrected chi connectivity index (χ2v) is 2.77. The quantitative estimate of drug-likeness (QED) is 0.469. The van der Waals surface area contributed by atoms with E-state index in [-0.39, 0.29) is 0 Å². The maximum Gasteiger partial charge on any atom is 0.0275 e. The van der Waals surface area contributed by atoms with E-state index in [1.807, 2.05) is 6.07 Å². The summed E-state index contributed by atoms with van der Waals surface area (Å²) in [5.74, 6) is 0. The van der Waals surface area contributed by atoms with Gasteiger partial charge in [-0.1, -0.05) is 42.5 Å². The van der Waals surface area contributed by atoms with Crippen LogP contribution in [-0.4, -0.2) is 10.2 Å². The molecule has 0 saturated carbocycles. The third-order valence-corrected chi connectivity index (χ3v) is 1.72. The van der Waals surface area contributed by atoms with Crippen molar-refractivity contribution in [2.75, 3.05) is 0 Å². The molecule has 0 bridgehead atoms. The van der Waals surface area contributed by atoms with Gasteiger partial charge in [-0.25, -0.2) is 0 Å². The monoisotopic (exact) mass is 159 g/mol. The van der Waals surface area contributed by atoms with Gasteiger partial charge in [-0.3, -0.25) is 0 Å². The van der Waals surface area contributed by atoms with Crippen molar-refractivity contribution in [2.45, 2.75) is 12.5 Å². The first-order chi connectivity index (χ1) is 5.43. The highest BCUT2D eigenvalue weighted by Gasteiger charge is 1.83. The third-order valence-electron chi connectivity index (χ3n) is 1.48. The van der Waals surface area contributed by atoms with Gasteiger partial charge in [-0.05, 0) is 18.0 Å². The van der Waals surface area contributed by atoms with Crippen LogP contribution in [0.4, 0.5) is 0 Å². The lowest BCUT2D eigenvalue weighted by Gasteiger charge is -1.92. The van der Waals surface area contributed by atoms with Crippen LogP contribution in [0.25, 0.3) is 0 Å². The average Bonchev–Trinajstić information content (AvgIpc) is 2.07. The molecule has 0 unspecified atom stereocenters. The van der Waals surface area contributed by atoms with Crippen LogP contribution in [0.2, 0.25) is 6.04 Å². The molecule has 0 N–H and O–H groups in total. The van der Waals surface area contributed by atoms with Crippen LogP contribution < -0.4 is 0 Å². The molecule has 0 amide bonds. The predicted octanol–water partition coefficient (Wildman–Crippen LogP) is 2.37. The van der Waals surface area contributed by atoms with E-state index in [1.54, 1.807) is 0 Å². The highest BCUT2D eigenvalue weighted by atomic mass is 28.1.